The lowest BCUT2D eigenvalue weighted by molar-refractivity contribution is 0.309. The second-order valence-electron chi connectivity index (χ2n) is 20.1. The van der Waals surface area contributed by atoms with Crippen molar-refractivity contribution in [2.24, 2.45) is 0 Å². The van der Waals surface area contributed by atoms with Gasteiger partial charge in [-0.15, -0.1) is 10.2 Å². The van der Waals surface area contributed by atoms with E-state index in [0.29, 0.717) is 34.4 Å². The summed E-state index contributed by atoms with van der Waals surface area (Å²) in [4.78, 5) is 0. The van der Waals surface area contributed by atoms with E-state index in [0.717, 1.165) is 132 Å². The summed E-state index contributed by atoms with van der Waals surface area (Å²) >= 11 is 1.56. The molecule has 0 saturated carbocycles. The summed E-state index contributed by atoms with van der Waals surface area (Å²) in [5, 5.41) is 26.4. The van der Waals surface area contributed by atoms with Crippen LogP contribution in [0.1, 0.15) is 17.0 Å². The van der Waals surface area contributed by atoms with E-state index in [-0.39, 0.29) is 5.75 Å². The van der Waals surface area contributed by atoms with E-state index in [1.807, 2.05) is 83.0 Å². The third kappa shape index (κ3) is 8.93. The number of phenolic OH excluding ortho intramolecular Hbond substituents is 1. The number of hydrogen-bond donors (Lipinski definition) is 1. The van der Waals surface area contributed by atoms with Gasteiger partial charge in [0.05, 0.1) is 111 Å². The fraction of sp³-hybridized carbons (Fsp3) is 0.103. The average Bonchev–Trinajstić information content (AvgIpc) is 1.80. The molecule has 85 heavy (non-hydrogen) atoms. The summed E-state index contributed by atoms with van der Waals surface area (Å²) in [5.41, 5.74) is 13.4. The minimum absolute atomic E-state index is 0.145. The fourth-order valence-corrected chi connectivity index (χ4v) is 14.2. The number of fused-ring (bicyclic) bond motifs is 10. The molecule has 1 aliphatic heterocycles. The first-order valence-electron chi connectivity index (χ1n) is 26.9. The number of rotatable bonds is 15. The van der Waals surface area contributed by atoms with Crippen LogP contribution in [0.15, 0.2) is 176 Å². The number of ether oxygens (including phenoxy) is 7. The van der Waals surface area contributed by atoms with Crippen molar-refractivity contribution in [3.05, 3.63) is 188 Å². The quantitative estimate of drug-likeness (QED) is 0.0595. The van der Waals surface area contributed by atoms with E-state index in [2.05, 4.69) is 124 Å². The lowest BCUT2D eigenvalue weighted by atomic mass is 10.1. The minimum atomic E-state index is -0.625. The second-order valence-corrected chi connectivity index (χ2v) is 23.0. The van der Waals surface area contributed by atoms with E-state index >= 15 is 0 Å². The maximum absolute atomic E-state index is 11.0. The monoisotopic (exact) mass is 1350 g/mol. The summed E-state index contributed by atoms with van der Waals surface area (Å²) in [6.45, 7) is 0. The fourth-order valence-electron chi connectivity index (χ4n) is 11.7. The molecule has 17 heteroatoms. The number of aromatic hydroxyl groups is 1. The standard InChI is InChI=1S/C68H52I2N6O9/c1-78-43-13-21-55-40(27-43)26-41(10-12-48(36-69)83-6)73(55)61-18-8-38(28-63(61)75-56-20-11-42(77)30-49(56)50-31-44(79-2)16-24-59(50)75)67-71-72-68(85-67)39-9-19-62(74-57-22-14-45(80-3)32-51(57)52-33-46(81-4)15-23-58(52)74)64(29-39)76-60-25-17-47(82-5)34-53(60)54-35-66(84-7)70-37-65(54)76/h8-37,77H,1-7H3/b12-10-,48-36+. The van der Waals surface area contributed by atoms with E-state index < -0.39 is 20.7 Å². The predicted octanol–water partition coefficient (Wildman–Crippen LogP) is 16.2. The Kier molecular flexibility index (Phi) is 13.6. The zero-order valence-electron chi connectivity index (χ0n) is 47.0. The van der Waals surface area contributed by atoms with Gasteiger partial charge < -0.3 is 61.0 Å². The van der Waals surface area contributed by atoms with Crippen LogP contribution in [0.5, 0.6) is 34.5 Å². The van der Waals surface area contributed by atoms with Crippen molar-refractivity contribution in [1.82, 2.24) is 28.5 Å². The highest BCUT2D eigenvalue weighted by Gasteiger charge is 2.27. The number of benzene rings is 8. The number of methoxy groups -OCH3 is 7. The summed E-state index contributed by atoms with van der Waals surface area (Å²) < 4.78 is 61.7. The van der Waals surface area contributed by atoms with Gasteiger partial charge in [-0.05, 0) is 217 Å². The number of halogens is 2. The van der Waals surface area contributed by atoms with Gasteiger partial charge in [-0.1, -0.05) is 0 Å². The molecule has 13 aromatic rings. The highest BCUT2D eigenvalue weighted by molar-refractivity contribution is 14.2. The van der Waals surface area contributed by atoms with E-state index in [1.54, 1.807) is 61.9 Å². The van der Waals surface area contributed by atoms with Gasteiger partial charge >= 0.3 is 0 Å². The Hall–Kier alpha value is -9.47. The van der Waals surface area contributed by atoms with Crippen molar-refractivity contribution >= 4 is 125 Å². The van der Waals surface area contributed by atoms with Crippen LogP contribution in [-0.2, 0) is 9.47 Å². The molecule has 1 aliphatic rings. The molecule has 8 aromatic carbocycles. The van der Waals surface area contributed by atoms with Crippen LogP contribution < -0.4 is 23.7 Å². The van der Waals surface area contributed by atoms with Crippen molar-refractivity contribution in [1.29, 1.82) is 0 Å². The summed E-state index contributed by atoms with van der Waals surface area (Å²) in [5.74, 6) is 5.14. The molecule has 6 heterocycles. The Morgan fingerprint density at radius 1 is 0.482 bits per heavy atom. The van der Waals surface area contributed by atoms with E-state index in [4.69, 9.17) is 47.8 Å². The lowest BCUT2D eigenvalue weighted by Gasteiger charge is -2.19. The van der Waals surface area contributed by atoms with Crippen LogP contribution in [0.4, 0.5) is 0 Å². The first kappa shape index (κ1) is 53.5. The number of aromatic nitrogens is 6. The molecule has 0 amide bonds. The topological polar surface area (TPSA) is 143 Å². The van der Waals surface area contributed by atoms with Crippen LogP contribution in [0.3, 0.4) is 0 Å². The van der Waals surface area contributed by atoms with Crippen LogP contribution >= 0.6 is 43.3 Å². The van der Waals surface area contributed by atoms with Gasteiger partial charge in [0, 0.05) is 58.8 Å². The summed E-state index contributed by atoms with van der Waals surface area (Å²) in [6.07, 6.45) is 6.16. The summed E-state index contributed by atoms with van der Waals surface area (Å²) in [7, 11) is 11.8. The molecule has 0 bridgehead atoms. The van der Waals surface area contributed by atoms with Crippen molar-refractivity contribution in [2.45, 2.75) is 0 Å². The van der Waals surface area contributed by atoms with E-state index in [9.17, 15) is 5.11 Å². The van der Waals surface area contributed by atoms with Gasteiger partial charge in [-0.3, -0.25) is 0 Å². The third-order valence-corrected chi connectivity index (χ3v) is 18.6. The Morgan fingerprint density at radius 3 is 1.48 bits per heavy atom. The molecule has 14 rings (SSSR count). The highest BCUT2D eigenvalue weighted by Crippen LogP contribution is 2.45. The van der Waals surface area contributed by atoms with Crippen molar-refractivity contribution in [2.75, 3.05) is 49.8 Å². The third-order valence-electron chi connectivity index (χ3n) is 15.7. The normalized spacial score (nSPS) is 12.7. The van der Waals surface area contributed by atoms with Gasteiger partial charge in [0.2, 0.25) is 11.8 Å². The Morgan fingerprint density at radius 2 is 0.953 bits per heavy atom. The number of allylic oxidation sites excluding steroid dienone is 1. The molecule has 0 atom stereocenters. The molecule has 0 saturated heterocycles. The van der Waals surface area contributed by atoms with Crippen LogP contribution in [0.25, 0.3) is 123 Å². The Labute approximate surface area is 510 Å². The first-order chi connectivity index (χ1) is 41.6. The molecule has 0 radical (unpaired) electrons. The predicted molar refractivity (Wildman–Crippen MR) is 354 cm³/mol. The van der Waals surface area contributed by atoms with Crippen LogP contribution in [0.2, 0.25) is 0 Å². The van der Waals surface area contributed by atoms with Gasteiger partial charge in [-0.2, -0.15) is 0 Å². The van der Waals surface area contributed by atoms with Gasteiger partial charge in [-0.25, -0.2) is 0 Å². The van der Waals surface area contributed by atoms with Crippen molar-refractivity contribution in [3.8, 4) is 80.2 Å². The first-order valence-corrected chi connectivity index (χ1v) is 30.5. The zero-order valence-corrected chi connectivity index (χ0v) is 51.3. The molecular weight excluding hydrogens is 1300 g/mol. The average molecular weight is 1350 g/mol. The second kappa shape index (κ2) is 21.6. The number of phenols is 1. The van der Waals surface area contributed by atoms with Gasteiger partial charge in [0.25, 0.3) is 0 Å². The van der Waals surface area contributed by atoms with Crippen LogP contribution in [0, 0.1) is 0 Å². The maximum atomic E-state index is 11.0. The molecule has 15 nitrogen and oxygen atoms in total. The molecular formula is C68H52I2N6O9. The molecule has 0 aliphatic carbocycles. The SMILES string of the molecule is COC1=Cc2c(n(-c3cc(-c4nnc(-c5ccc(-n6c(/C=C\C(=C/I)OC)cc7cc(OC)ccc76)c(-n6c7ccc(O)cc7c7cc(OC)ccc76)c5)o4)ccc3-n3c4ccc(OC)cc4c4cc(OC)ccc43)c3ccc(OC)cc23)C=I1. The maximum Gasteiger partial charge on any atom is 0.248 e. The lowest BCUT2D eigenvalue weighted by Crippen LogP contribution is -2.07. The minimum Gasteiger partial charge on any atom is -0.508 e. The smallest absolute Gasteiger partial charge is 0.248 e. The molecule has 0 unspecified atom stereocenters. The van der Waals surface area contributed by atoms with Crippen molar-refractivity contribution in [3.63, 3.8) is 0 Å². The number of hydrogen-bond acceptors (Lipinski definition) is 11. The summed E-state index contributed by atoms with van der Waals surface area (Å²) in [6, 6.07) is 50.7. The Bertz CT molecular complexity index is 4960. The molecule has 0 fully saturated rings. The molecule has 422 valence electrons. The van der Waals surface area contributed by atoms with Crippen LogP contribution in [-0.4, -0.2) is 87.4 Å². The highest BCUT2D eigenvalue weighted by atomic mass is 127. The van der Waals surface area contributed by atoms with E-state index in [1.165, 1.54) is 0 Å². The zero-order chi connectivity index (χ0) is 58.2. The molecule has 0 spiro atoms. The van der Waals surface area contributed by atoms with Crippen molar-refractivity contribution < 1.29 is 42.7 Å². The number of nitrogens with zero attached hydrogens (tertiary/aromatic N) is 6. The molecule has 1 N–H and O–H groups in total. The molecule has 5 aromatic heterocycles. The van der Waals surface area contributed by atoms with Gasteiger partial charge in [0.15, 0.2) is 3.77 Å². The largest absolute Gasteiger partial charge is 0.508 e. The Balaban J connectivity index is 0.998. The van der Waals surface area contributed by atoms with Gasteiger partial charge in [0.1, 0.15) is 40.3 Å².